The van der Waals surface area contributed by atoms with Gasteiger partial charge < -0.3 is 19.4 Å². The zero-order valence-electron chi connectivity index (χ0n) is 14.2. The average molecular weight is 342 g/mol. The predicted molar refractivity (Wildman–Crippen MR) is 93.6 cm³/mol. The minimum Gasteiger partial charge on any atom is -0.459 e. The van der Waals surface area contributed by atoms with E-state index in [-0.39, 0.29) is 17.6 Å². The Balaban J connectivity index is 1.68. The summed E-state index contributed by atoms with van der Waals surface area (Å²) in [5.74, 6) is 0.243. The number of nitrogens with one attached hydrogen (secondary N) is 1. The highest BCUT2D eigenvalue weighted by molar-refractivity contribution is 6.03. The van der Waals surface area contributed by atoms with Crippen LogP contribution < -0.4 is 5.32 Å². The third-order valence-electron chi connectivity index (χ3n) is 4.28. The lowest BCUT2D eigenvalue weighted by Gasteiger charge is -2.24. The van der Waals surface area contributed by atoms with Gasteiger partial charge in [-0.3, -0.25) is 9.59 Å². The molecule has 0 aliphatic carbocycles. The number of rotatable bonds is 6. The van der Waals surface area contributed by atoms with Crippen LogP contribution in [0.3, 0.4) is 0 Å². The third kappa shape index (κ3) is 4.28. The molecule has 1 aliphatic heterocycles. The Bertz CT molecular complexity index is 721. The summed E-state index contributed by atoms with van der Waals surface area (Å²) in [4.78, 5) is 26.7. The maximum absolute atomic E-state index is 12.8. The third-order valence-corrected chi connectivity index (χ3v) is 4.28. The number of anilines is 1. The maximum Gasteiger partial charge on any atom is 0.291 e. The van der Waals surface area contributed by atoms with Crippen molar-refractivity contribution in [1.82, 2.24) is 4.90 Å². The average Bonchev–Trinajstić information content (AvgIpc) is 3.33. The molecule has 0 bridgehead atoms. The summed E-state index contributed by atoms with van der Waals surface area (Å²) in [5.41, 5.74) is 1.12. The van der Waals surface area contributed by atoms with Crippen LogP contribution >= 0.6 is 0 Å². The Kier molecular flexibility index (Phi) is 5.50. The number of benzene rings is 1. The van der Waals surface area contributed by atoms with Crippen molar-refractivity contribution in [3.63, 3.8) is 0 Å². The van der Waals surface area contributed by atoms with Crippen LogP contribution in [0.4, 0.5) is 5.69 Å². The van der Waals surface area contributed by atoms with Crippen LogP contribution in [0.5, 0.6) is 0 Å². The van der Waals surface area contributed by atoms with E-state index in [0.29, 0.717) is 36.9 Å². The van der Waals surface area contributed by atoms with Crippen LogP contribution in [0.1, 0.15) is 34.3 Å². The van der Waals surface area contributed by atoms with E-state index in [2.05, 4.69) is 5.32 Å². The van der Waals surface area contributed by atoms with Gasteiger partial charge in [-0.05, 0) is 43.7 Å². The number of hydrogen-bond acceptors (Lipinski definition) is 4. The van der Waals surface area contributed by atoms with Crippen molar-refractivity contribution < 1.29 is 18.7 Å². The molecule has 0 unspecified atom stereocenters. The molecule has 0 radical (unpaired) electrons. The van der Waals surface area contributed by atoms with Crippen LogP contribution in [0.25, 0.3) is 0 Å². The van der Waals surface area contributed by atoms with Crippen molar-refractivity contribution in [3.8, 4) is 0 Å². The summed E-state index contributed by atoms with van der Waals surface area (Å²) >= 11 is 0. The number of amides is 2. The Hall–Kier alpha value is -2.60. The highest BCUT2D eigenvalue weighted by Crippen LogP contribution is 2.18. The van der Waals surface area contributed by atoms with Gasteiger partial charge in [0.25, 0.3) is 11.8 Å². The Morgan fingerprint density at radius 1 is 1.28 bits per heavy atom. The number of carbonyl (C=O) groups excluding carboxylic acids is 2. The lowest BCUT2D eigenvalue weighted by molar-refractivity contribution is 0.0730. The molecule has 25 heavy (non-hydrogen) atoms. The molecule has 6 heteroatoms. The summed E-state index contributed by atoms with van der Waals surface area (Å²) in [6.45, 7) is 4.78. The molecule has 2 amide bonds. The van der Waals surface area contributed by atoms with Gasteiger partial charge in [-0.25, -0.2) is 0 Å². The van der Waals surface area contributed by atoms with Gasteiger partial charge in [-0.2, -0.15) is 0 Å². The first-order chi connectivity index (χ1) is 12.2. The van der Waals surface area contributed by atoms with Crippen molar-refractivity contribution in [2.75, 3.05) is 31.6 Å². The van der Waals surface area contributed by atoms with Crippen molar-refractivity contribution >= 4 is 17.5 Å². The zero-order valence-corrected chi connectivity index (χ0v) is 14.2. The molecule has 1 aromatic heterocycles. The highest BCUT2D eigenvalue weighted by Gasteiger charge is 2.22. The SMILES string of the molecule is CCN(C[C@@H]1CCOC1)C(=O)c1cccc(NC(=O)c2ccco2)c1. The van der Waals surface area contributed by atoms with E-state index in [1.165, 1.54) is 6.26 Å². The summed E-state index contributed by atoms with van der Waals surface area (Å²) in [7, 11) is 0. The second kappa shape index (κ2) is 7.98. The van der Waals surface area contributed by atoms with E-state index in [9.17, 15) is 9.59 Å². The normalized spacial score (nSPS) is 16.6. The Labute approximate surface area is 146 Å². The van der Waals surface area contributed by atoms with Gasteiger partial charge in [-0.15, -0.1) is 0 Å². The highest BCUT2D eigenvalue weighted by atomic mass is 16.5. The molecule has 3 rings (SSSR count). The van der Waals surface area contributed by atoms with Crippen LogP contribution in [-0.2, 0) is 4.74 Å². The molecule has 1 aromatic carbocycles. The largest absolute Gasteiger partial charge is 0.459 e. The molecule has 0 saturated carbocycles. The first-order valence-electron chi connectivity index (χ1n) is 8.49. The van der Waals surface area contributed by atoms with Gasteiger partial charge in [0.1, 0.15) is 0 Å². The fourth-order valence-electron chi connectivity index (χ4n) is 2.91. The van der Waals surface area contributed by atoms with Crippen LogP contribution in [0, 0.1) is 5.92 Å². The summed E-state index contributed by atoms with van der Waals surface area (Å²) in [5, 5.41) is 2.75. The standard InChI is InChI=1S/C19H22N2O4/c1-2-21(12-14-8-10-24-13-14)19(23)15-5-3-6-16(11-15)20-18(22)17-7-4-9-25-17/h3-7,9,11,14H,2,8,10,12-13H2,1H3,(H,20,22)/t14-/m0/s1. The monoisotopic (exact) mass is 342 g/mol. The maximum atomic E-state index is 12.8. The molecule has 1 N–H and O–H groups in total. The first kappa shape index (κ1) is 17.2. The Morgan fingerprint density at radius 3 is 2.84 bits per heavy atom. The van der Waals surface area contributed by atoms with E-state index < -0.39 is 0 Å². The molecule has 1 saturated heterocycles. The van der Waals surface area contributed by atoms with Gasteiger partial charge in [-0.1, -0.05) is 6.07 Å². The van der Waals surface area contributed by atoms with Gasteiger partial charge in [0.15, 0.2) is 5.76 Å². The molecular formula is C19H22N2O4. The molecule has 6 nitrogen and oxygen atoms in total. The van der Waals surface area contributed by atoms with Crippen molar-refractivity contribution in [1.29, 1.82) is 0 Å². The number of hydrogen-bond donors (Lipinski definition) is 1. The van der Waals surface area contributed by atoms with E-state index in [4.69, 9.17) is 9.15 Å². The van der Waals surface area contributed by atoms with E-state index in [1.54, 1.807) is 36.4 Å². The van der Waals surface area contributed by atoms with Crippen molar-refractivity contribution in [3.05, 3.63) is 54.0 Å². The van der Waals surface area contributed by atoms with Crippen LogP contribution in [0.2, 0.25) is 0 Å². The van der Waals surface area contributed by atoms with Gasteiger partial charge in [0.05, 0.1) is 12.9 Å². The molecule has 132 valence electrons. The van der Waals surface area contributed by atoms with Crippen molar-refractivity contribution in [2.45, 2.75) is 13.3 Å². The van der Waals surface area contributed by atoms with Gasteiger partial charge in [0, 0.05) is 36.9 Å². The quantitative estimate of drug-likeness (QED) is 0.876. The van der Waals surface area contributed by atoms with E-state index in [0.717, 1.165) is 13.0 Å². The topological polar surface area (TPSA) is 71.8 Å². The smallest absolute Gasteiger partial charge is 0.291 e. The summed E-state index contributed by atoms with van der Waals surface area (Å²) in [6, 6.07) is 10.2. The number of nitrogens with zero attached hydrogens (tertiary/aromatic N) is 1. The number of ether oxygens (including phenoxy) is 1. The van der Waals surface area contributed by atoms with Gasteiger partial charge in [0.2, 0.25) is 0 Å². The number of furan rings is 1. The first-order valence-corrected chi connectivity index (χ1v) is 8.49. The molecule has 1 atom stereocenters. The van der Waals surface area contributed by atoms with Crippen LogP contribution in [0.15, 0.2) is 47.1 Å². The Morgan fingerprint density at radius 2 is 2.16 bits per heavy atom. The lowest BCUT2D eigenvalue weighted by Crippen LogP contribution is -2.35. The fourth-order valence-corrected chi connectivity index (χ4v) is 2.91. The summed E-state index contributed by atoms with van der Waals surface area (Å²) < 4.78 is 10.5. The molecule has 2 heterocycles. The fraction of sp³-hybridized carbons (Fsp3) is 0.368. The second-order valence-electron chi connectivity index (χ2n) is 6.09. The van der Waals surface area contributed by atoms with Crippen LogP contribution in [-0.4, -0.2) is 43.0 Å². The van der Waals surface area contributed by atoms with Gasteiger partial charge >= 0.3 is 0 Å². The zero-order chi connectivity index (χ0) is 17.6. The minimum absolute atomic E-state index is 0.0384. The van der Waals surface area contributed by atoms with Crippen molar-refractivity contribution in [2.24, 2.45) is 5.92 Å². The molecule has 1 fully saturated rings. The lowest BCUT2D eigenvalue weighted by atomic mass is 10.1. The molecule has 1 aliphatic rings. The van der Waals surface area contributed by atoms with E-state index >= 15 is 0 Å². The molecule has 2 aromatic rings. The molecular weight excluding hydrogens is 320 g/mol. The summed E-state index contributed by atoms with van der Waals surface area (Å²) in [6.07, 6.45) is 2.43. The van der Waals surface area contributed by atoms with E-state index in [1.807, 2.05) is 11.8 Å². The molecule has 0 spiro atoms. The number of carbonyl (C=O) groups is 2. The minimum atomic E-state index is -0.343. The second-order valence-corrected chi connectivity index (χ2v) is 6.09. The predicted octanol–water partition coefficient (Wildman–Crippen LogP) is 3.03.